The summed E-state index contributed by atoms with van der Waals surface area (Å²) in [5.41, 5.74) is 8.99. The minimum absolute atomic E-state index is 0.0331. The van der Waals surface area contributed by atoms with Gasteiger partial charge in [0.05, 0.1) is 18.5 Å². The molecule has 142 valence electrons. The molecule has 4 atom stereocenters. The summed E-state index contributed by atoms with van der Waals surface area (Å²) >= 11 is 1.71. The first-order chi connectivity index (χ1) is 13.2. The van der Waals surface area contributed by atoms with Crippen LogP contribution in [0.3, 0.4) is 0 Å². The van der Waals surface area contributed by atoms with Gasteiger partial charge in [-0.25, -0.2) is 5.43 Å². The average molecular weight is 384 g/mol. The predicted octanol–water partition coefficient (Wildman–Crippen LogP) is 2.65. The van der Waals surface area contributed by atoms with Crippen LogP contribution < -0.4 is 20.9 Å². The molecule has 0 spiro atoms. The molecular formula is C21H25N3O2S. The van der Waals surface area contributed by atoms with Crippen LogP contribution in [0.5, 0.6) is 5.75 Å². The van der Waals surface area contributed by atoms with Crippen molar-refractivity contribution < 1.29 is 9.53 Å². The molecule has 2 fully saturated rings. The molecule has 2 aromatic carbocycles. The number of carbonyl (C=O) groups excluding carboxylic acids is 1. The number of carbonyl (C=O) groups is 1. The number of fused-ring (bicyclic) bond motifs is 1. The molecule has 4 unspecified atom stereocenters. The molecular weight excluding hydrogens is 358 g/mol. The van der Waals surface area contributed by atoms with Crippen LogP contribution in [0, 0.1) is 5.92 Å². The molecule has 0 aliphatic carbocycles. The van der Waals surface area contributed by atoms with Gasteiger partial charge < -0.3 is 10.1 Å². The monoisotopic (exact) mass is 383 g/mol. The average Bonchev–Trinajstić information content (AvgIpc) is 2.95. The van der Waals surface area contributed by atoms with Gasteiger partial charge in [0.15, 0.2) is 0 Å². The zero-order chi connectivity index (χ0) is 18.6. The molecule has 6 heteroatoms. The topological polar surface area (TPSA) is 62.4 Å². The van der Waals surface area contributed by atoms with Crippen molar-refractivity contribution in [3.8, 4) is 5.75 Å². The first kappa shape index (κ1) is 18.3. The molecule has 4 rings (SSSR count). The Morgan fingerprint density at radius 3 is 2.63 bits per heavy atom. The van der Waals surface area contributed by atoms with Crippen LogP contribution in [-0.4, -0.2) is 30.5 Å². The lowest BCUT2D eigenvalue weighted by atomic mass is 9.91. The van der Waals surface area contributed by atoms with Gasteiger partial charge in [0.2, 0.25) is 5.91 Å². The Kier molecular flexibility index (Phi) is 5.66. The lowest BCUT2D eigenvalue weighted by Gasteiger charge is -2.27. The smallest absolute Gasteiger partial charge is 0.231 e. The van der Waals surface area contributed by atoms with Crippen molar-refractivity contribution >= 4 is 17.7 Å². The SMILES string of the molecule is CC1NNC2NC(=O)CSC(c3ccc(OCCc4ccccc4)cc3)C12. The summed E-state index contributed by atoms with van der Waals surface area (Å²) in [6.45, 7) is 2.82. The van der Waals surface area contributed by atoms with Gasteiger partial charge in [0.25, 0.3) is 0 Å². The van der Waals surface area contributed by atoms with E-state index in [1.54, 1.807) is 11.8 Å². The lowest BCUT2D eigenvalue weighted by Crippen LogP contribution is -2.46. The third-order valence-electron chi connectivity index (χ3n) is 5.20. The van der Waals surface area contributed by atoms with Crippen molar-refractivity contribution in [3.63, 3.8) is 0 Å². The lowest BCUT2D eigenvalue weighted by molar-refractivity contribution is -0.119. The van der Waals surface area contributed by atoms with E-state index >= 15 is 0 Å². The van der Waals surface area contributed by atoms with Gasteiger partial charge in [0, 0.05) is 23.6 Å². The van der Waals surface area contributed by atoms with E-state index in [-0.39, 0.29) is 23.4 Å². The molecule has 0 radical (unpaired) electrons. The second-order valence-corrected chi connectivity index (χ2v) is 8.21. The fourth-order valence-electron chi connectivity index (χ4n) is 3.77. The number of ether oxygens (including phenoxy) is 1. The summed E-state index contributed by atoms with van der Waals surface area (Å²) in [6.07, 6.45) is 0.863. The van der Waals surface area contributed by atoms with Crippen molar-refractivity contribution in [1.82, 2.24) is 16.2 Å². The Balaban J connectivity index is 1.41. The van der Waals surface area contributed by atoms with Gasteiger partial charge in [-0.2, -0.15) is 0 Å². The maximum absolute atomic E-state index is 12.0. The second-order valence-electron chi connectivity index (χ2n) is 7.08. The number of nitrogens with one attached hydrogen (secondary N) is 3. The number of benzene rings is 2. The molecule has 0 aromatic heterocycles. The first-order valence-corrected chi connectivity index (χ1v) is 10.4. The summed E-state index contributed by atoms with van der Waals surface area (Å²) in [5.74, 6) is 1.75. The number of thioether (sulfide) groups is 1. The zero-order valence-corrected chi connectivity index (χ0v) is 16.2. The van der Waals surface area contributed by atoms with Gasteiger partial charge in [0.1, 0.15) is 5.75 Å². The van der Waals surface area contributed by atoms with Crippen molar-refractivity contribution in [2.24, 2.45) is 5.92 Å². The molecule has 2 aliphatic heterocycles. The standard InChI is InChI=1S/C21H25N3O2S/c1-14-19-20(27-13-18(25)22-21(19)24-23-14)16-7-9-17(10-8-16)26-12-11-15-5-3-2-4-6-15/h2-10,14,19-21,23-24H,11-13H2,1H3,(H,22,25). The fraction of sp³-hybridized carbons (Fsp3) is 0.381. The van der Waals surface area contributed by atoms with Gasteiger partial charge in [-0.15, -0.1) is 11.8 Å². The van der Waals surface area contributed by atoms with E-state index in [0.29, 0.717) is 18.3 Å². The largest absolute Gasteiger partial charge is 0.493 e. The van der Waals surface area contributed by atoms with Crippen LogP contribution >= 0.6 is 11.8 Å². The Morgan fingerprint density at radius 1 is 1.07 bits per heavy atom. The Hall–Kier alpha value is -2.02. The van der Waals surface area contributed by atoms with Crippen molar-refractivity contribution in [3.05, 3.63) is 65.7 Å². The molecule has 27 heavy (non-hydrogen) atoms. The molecule has 1 amide bonds. The number of amides is 1. The Bertz CT molecular complexity index is 769. The molecule has 2 aromatic rings. The third-order valence-corrected chi connectivity index (χ3v) is 6.57. The second kappa shape index (κ2) is 8.33. The van der Waals surface area contributed by atoms with Crippen molar-refractivity contribution in [2.45, 2.75) is 30.8 Å². The summed E-state index contributed by atoms with van der Waals surface area (Å²) in [6, 6.07) is 19.0. The highest BCUT2D eigenvalue weighted by Crippen LogP contribution is 2.42. The number of hydrogen-bond donors (Lipinski definition) is 3. The van der Waals surface area contributed by atoms with Gasteiger partial charge in [-0.1, -0.05) is 42.5 Å². The fourth-order valence-corrected chi connectivity index (χ4v) is 5.15. The number of rotatable bonds is 5. The van der Waals surface area contributed by atoms with Crippen LogP contribution in [0.25, 0.3) is 0 Å². The number of hydrazine groups is 1. The highest BCUT2D eigenvalue weighted by Gasteiger charge is 2.42. The van der Waals surface area contributed by atoms with E-state index in [1.807, 2.05) is 18.2 Å². The zero-order valence-electron chi connectivity index (χ0n) is 15.4. The highest BCUT2D eigenvalue weighted by atomic mass is 32.2. The van der Waals surface area contributed by atoms with Gasteiger partial charge in [-0.3, -0.25) is 10.2 Å². The minimum Gasteiger partial charge on any atom is -0.493 e. The third kappa shape index (κ3) is 4.29. The minimum atomic E-state index is -0.0331. The van der Waals surface area contributed by atoms with Crippen molar-refractivity contribution in [1.29, 1.82) is 0 Å². The first-order valence-electron chi connectivity index (χ1n) is 9.39. The van der Waals surface area contributed by atoms with E-state index in [2.05, 4.69) is 59.5 Å². The van der Waals surface area contributed by atoms with Crippen molar-refractivity contribution in [2.75, 3.05) is 12.4 Å². The van der Waals surface area contributed by atoms with Crippen LogP contribution in [-0.2, 0) is 11.2 Å². The summed E-state index contributed by atoms with van der Waals surface area (Å²) in [4.78, 5) is 12.0. The molecule has 3 N–H and O–H groups in total. The summed E-state index contributed by atoms with van der Waals surface area (Å²) < 4.78 is 5.90. The Morgan fingerprint density at radius 2 is 1.85 bits per heavy atom. The summed E-state index contributed by atoms with van der Waals surface area (Å²) in [5, 5.41) is 3.32. The van der Waals surface area contributed by atoms with E-state index < -0.39 is 0 Å². The molecule has 0 bridgehead atoms. The van der Waals surface area contributed by atoms with E-state index in [0.717, 1.165) is 12.2 Å². The van der Waals surface area contributed by atoms with Crippen LogP contribution in [0.15, 0.2) is 54.6 Å². The van der Waals surface area contributed by atoms with E-state index in [4.69, 9.17) is 4.74 Å². The van der Waals surface area contributed by atoms with Crippen LogP contribution in [0.4, 0.5) is 0 Å². The summed E-state index contributed by atoms with van der Waals surface area (Å²) in [7, 11) is 0. The van der Waals surface area contributed by atoms with E-state index in [1.165, 1.54) is 11.1 Å². The molecule has 2 heterocycles. The maximum Gasteiger partial charge on any atom is 0.231 e. The number of hydrogen-bond acceptors (Lipinski definition) is 5. The highest BCUT2D eigenvalue weighted by molar-refractivity contribution is 8.00. The van der Waals surface area contributed by atoms with Gasteiger partial charge >= 0.3 is 0 Å². The molecule has 2 aliphatic rings. The normalized spacial score (nSPS) is 27.5. The van der Waals surface area contributed by atoms with Crippen LogP contribution in [0.2, 0.25) is 0 Å². The maximum atomic E-state index is 12.0. The molecule has 5 nitrogen and oxygen atoms in total. The van der Waals surface area contributed by atoms with Crippen LogP contribution in [0.1, 0.15) is 23.3 Å². The van der Waals surface area contributed by atoms with E-state index in [9.17, 15) is 4.79 Å². The molecule has 2 saturated heterocycles. The quantitative estimate of drug-likeness (QED) is 0.741. The Labute approximate surface area is 164 Å². The predicted molar refractivity (Wildman–Crippen MR) is 108 cm³/mol. The molecule has 0 saturated carbocycles. The van der Waals surface area contributed by atoms with Gasteiger partial charge in [-0.05, 0) is 30.2 Å².